The summed E-state index contributed by atoms with van der Waals surface area (Å²) in [6.45, 7) is 2.41. The van der Waals surface area contributed by atoms with Gasteiger partial charge in [0, 0.05) is 33.4 Å². The van der Waals surface area contributed by atoms with Gasteiger partial charge in [-0.1, -0.05) is 0 Å². The molecule has 0 aromatic carbocycles. The van der Waals surface area contributed by atoms with E-state index in [9.17, 15) is 13.2 Å². The van der Waals surface area contributed by atoms with Crippen molar-refractivity contribution in [3.63, 3.8) is 0 Å². The van der Waals surface area contributed by atoms with Gasteiger partial charge < -0.3 is 20.1 Å². The Balaban J connectivity index is 2.00. The van der Waals surface area contributed by atoms with E-state index in [0.717, 1.165) is 19.4 Å². The minimum atomic E-state index is -4.15. The maximum Gasteiger partial charge on any atom is 0.390 e. The first-order chi connectivity index (χ1) is 9.51. The van der Waals surface area contributed by atoms with E-state index >= 15 is 0 Å². The molecule has 0 aliphatic carbocycles. The van der Waals surface area contributed by atoms with Gasteiger partial charge in [-0.15, -0.1) is 0 Å². The van der Waals surface area contributed by atoms with Crippen LogP contribution >= 0.6 is 0 Å². The molecule has 118 valence electrons. The molecule has 20 heavy (non-hydrogen) atoms. The van der Waals surface area contributed by atoms with Gasteiger partial charge in [0.25, 0.3) is 0 Å². The van der Waals surface area contributed by atoms with E-state index in [1.54, 1.807) is 0 Å². The first-order valence-electron chi connectivity index (χ1n) is 6.72. The van der Waals surface area contributed by atoms with Crippen LogP contribution in [0.5, 0.6) is 0 Å². The van der Waals surface area contributed by atoms with Gasteiger partial charge in [-0.05, 0) is 12.8 Å². The Morgan fingerprint density at radius 1 is 1.35 bits per heavy atom. The molecule has 1 rings (SSSR count). The minimum Gasteiger partial charge on any atom is -0.379 e. The van der Waals surface area contributed by atoms with Crippen LogP contribution in [0, 0.1) is 0 Å². The number of alkyl halides is 3. The Bertz CT molecular complexity index is 292. The summed E-state index contributed by atoms with van der Waals surface area (Å²) in [5.41, 5.74) is 0. The van der Waals surface area contributed by atoms with Gasteiger partial charge in [-0.3, -0.25) is 4.99 Å². The maximum atomic E-state index is 12.0. The Kier molecular flexibility index (Phi) is 7.68. The molecule has 8 heteroatoms. The second kappa shape index (κ2) is 9.02. The molecule has 1 saturated heterocycles. The number of hydrogen-bond acceptors (Lipinski definition) is 3. The number of guanidine groups is 1. The SMILES string of the molecule is CN=C(NCCCOC1CCOC1)NCCC(F)(F)F. The minimum absolute atomic E-state index is 0.180. The third kappa shape index (κ3) is 8.21. The predicted molar refractivity (Wildman–Crippen MR) is 69.8 cm³/mol. The van der Waals surface area contributed by atoms with E-state index in [1.807, 2.05) is 0 Å². The molecule has 1 atom stereocenters. The van der Waals surface area contributed by atoms with Crippen LogP contribution in [0.1, 0.15) is 19.3 Å². The highest BCUT2D eigenvalue weighted by molar-refractivity contribution is 5.79. The van der Waals surface area contributed by atoms with Gasteiger partial charge in [0.1, 0.15) is 0 Å². The van der Waals surface area contributed by atoms with Crippen molar-refractivity contribution in [2.45, 2.75) is 31.5 Å². The van der Waals surface area contributed by atoms with Gasteiger partial charge in [0.05, 0.1) is 19.1 Å². The number of rotatable bonds is 7. The monoisotopic (exact) mass is 297 g/mol. The van der Waals surface area contributed by atoms with Crippen LogP contribution < -0.4 is 10.6 Å². The predicted octanol–water partition coefficient (Wildman–Crippen LogP) is 1.30. The van der Waals surface area contributed by atoms with Crippen LogP contribution in [0.15, 0.2) is 4.99 Å². The number of ether oxygens (including phenoxy) is 2. The standard InChI is InChI=1S/C12H22F3N3O2/c1-16-11(18-6-4-12(13,14)15)17-5-2-7-20-10-3-8-19-9-10/h10H,2-9H2,1H3,(H2,16,17,18). The van der Waals surface area contributed by atoms with Crippen molar-refractivity contribution in [3.05, 3.63) is 0 Å². The third-order valence-corrected chi connectivity index (χ3v) is 2.78. The van der Waals surface area contributed by atoms with E-state index in [2.05, 4.69) is 15.6 Å². The molecule has 1 aliphatic heterocycles. The van der Waals surface area contributed by atoms with Gasteiger partial charge in [0.15, 0.2) is 5.96 Å². The third-order valence-electron chi connectivity index (χ3n) is 2.78. The Morgan fingerprint density at radius 3 is 2.70 bits per heavy atom. The second-order valence-corrected chi connectivity index (χ2v) is 4.50. The highest BCUT2D eigenvalue weighted by Gasteiger charge is 2.26. The highest BCUT2D eigenvalue weighted by atomic mass is 19.4. The van der Waals surface area contributed by atoms with Crippen LogP contribution in [0.3, 0.4) is 0 Å². The molecule has 0 saturated carbocycles. The van der Waals surface area contributed by atoms with Crippen LogP contribution in [0.4, 0.5) is 13.2 Å². The molecular formula is C12H22F3N3O2. The molecule has 0 aromatic heterocycles. The number of nitrogens with zero attached hydrogens (tertiary/aromatic N) is 1. The Morgan fingerprint density at radius 2 is 2.10 bits per heavy atom. The van der Waals surface area contributed by atoms with Gasteiger partial charge in [-0.2, -0.15) is 13.2 Å². The zero-order chi connectivity index (χ0) is 14.8. The fourth-order valence-corrected chi connectivity index (χ4v) is 1.72. The molecule has 0 amide bonds. The van der Waals surface area contributed by atoms with Crippen LogP contribution in [-0.2, 0) is 9.47 Å². The molecule has 0 radical (unpaired) electrons. The van der Waals surface area contributed by atoms with Crippen molar-refractivity contribution >= 4 is 5.96 Å². The van der Waals surface area contributed by atoms with Crippen LogP contribution in [0.2, 0.25) is 0 Å². The normalized spacial score (nSPS) is 20.2. The lowest BCUT2D eigenvalue weighted by molar-refractivity contribution is -0.132. The lowest BCUT2D eigenvalue weighted by Crippen LogP contribution is -2.39. The first kappa shape index (κ1) is 17.0. The summed E-state index contributed by atoms with van der Waals surface area (Å²) < 4.78 is 46.7. The highest BCUT2D eigenvalue weighted by Crippen LogP contribution is 2.17. The van der Waals surface area contributed by atoms with E-state index in [1.165, 1.54) is 7.05 Å². The fourth-order valence-electron chi connectivity index (χ4n) is 1.72. The summed E-state index contributed by atoms with van der Waals surface area (Å²) in [4.78, 5) is 3.85. The van der Waals surface area contributed by atoms with Crippen molar-refractivity contribution in [3.8, 4) is 0 Å². The fraction of sp³-hybridized carbons (Fsp3) is 0.917. The van der Waals surface area contributed by atoms with Crippen molar-refractivity contribution in [1.29, 1.82) is 0 Å². The average molecular weight is 297 g/mol. The number of nitrogens with one attached hydrogen (secondary N) is 2. The molecule has 1 aliphatic rings. The number of halogens is 3. The van der Waals surface area contributed by atoms with Crippen LogP contribution in [0.25, 0.3) is 0 Å². The summed E-state index contributed by atoms with van der Waals surface area (Å²) in [7, 11) is 1.52. The number of aliphatic imine (C=N–C) groups is 1. The lowest BCUT2D eigenvalue weighted by Gasteiger charge is -2.13. The van der Waals surface area contributed by atoms with Crippen molar-refractivity contribution in [2.24, 2.45) is 4.99 Å². The molecule has 1 fully saturated rings. The zero-order valence-corrected chi connectivity index (χ0v) is 11.6. The average Bonchev–Trinajstić information content (AvgIpc) is 2.88. The summed E-state index contributed by atoms with van der Waals surface area (Å²) in [6, 6.07) is 0. The zero-order valence-electron chi connectivity index (χ0n) is 11.6. The molecule has 1 unspecified atom stereocenters. The topological polar surface area (TPSA) is 54.9 Å². The second-order valence-electron chi connectivity index (χ2n) is 4.50. The first-order valence-corrected chi connectivity index (χ1v) is 6.72. The largest absolute Gasteiger partial charge is 0.390 e. The van der Waals surface area contributed by atoms with Gasteiger partial charge in [-0.25, -0.2) is 0 Å². The van der Waals surface area contributed by atoms with Gasteiger partial charge in [0.2, 0.25) is 0 Å². The van der Waals surface area contributed by atoms with E-state index in [-0.39, 0.29) is 12.6 Å². The number of hydrogen-bond donors (Lipinski definition) is 2. The summed E-state index contributed by atoms with van der Waals surface area (Å²) in [6.07, 6.45) is -3.16. The van der Waals surface area contributed by atoms with Crippen molar-refractivity contribution in [2.75, 3.05) is 40.0 Å². The van der Waals surface area contributed by atoms with E-state index in [0.29, 0.717) is 25.7 Å². The quantitative estimate of drug-likeness (QED) is 0.422. The van der Waals surface area contributed by atoms with Gasteiger partial charge >= 0.3 is 6.18 Å². The smallest absolute Gasteiger partial charge is 0.379 e. The Hall–Kier alpha value is -1.02. The summed E-state index contributed by atoms with van der Waals surface area (Å²) >= 11 is 0. The molecule has 0 bridgehead atoms. The molecule has 5 nitrogen and oxygen atoms in total. The molecule has 1 heterocycles. The molecule has 2 N–H and O–H groups in total. The molecular weight excluding hydrogens is 275 g/mol. The maximum absolute atomic E-state index is 12.0. The Labute approximate surface area is 116 Å². The van der Waals surface area contributed by atoms with E-state index < -0.39 is 12.6 Å². The lowest BCUT2D eigenvalue weighted by atomic mass is 10.3. The molecule has 0 aromatic rings. The summed E-state index contributed by atoms with van der Waals surface area (Å²) in [5.74, 6) is 0.374. The molecule has 0 spiro atoms. The van der Waals surface area contributed by atoms with E-state index in [4.69, 9.17) is 9.47 Å². The van der Waals surface area contributed by atoms with Crippen LogP contribution in [-0.4, -0.2) is 58.2 Å². The van der Waals surface area contributed by atoms with Crippen molar-refractivity contribution in [1.82, 2.24) is 10.6 Å². The van der Waals surface area contributed by atoms with Crippen molar-refractivity contribution < 1.29 is 22.6 Å². The summed E-state index contributed by atoms with van der Waals surface area (Å²) in [5, 5.41) is 5.56.